The second-order valence-corrected chi connectivity index (χ2v) is 5.36. The summed E-state index contributed by atoms with van der Waals surface area (Å²) in [4.78, 5) is 12.2. The molecule has 0 aliphatic heterocycles. The standard InChI is InChI=1S/C15H19F3N2O/c1-19-13-5-3-2-4-12(13)14(21)20-11-8-6-10(7-9-11)15(16,17)18/h2-5,10-11,19H,6-9H2,1H3,(H,20,21). The lowest BCUT2D eigenvalue weighted by Crippen LogP contribution is -2.40. The van der Waals surface area contributed by atoms with Gasteiger partial charge in [0.15, 0.2) is 0 Å². The molecule has 116 valence electrons. The number of hydrogen-bond acceptors (Lipinski definition) is 2. The summed E-state index contributed by atoms with van der Waals surface area (Å²) < 4.78 is 37.8. The minimum atomic E-state index is -4.12. The average molecular weight is 300 g/mol. The molecule has 0 heterocycles. The van der Waals surface area contributed by atoms with Crippen molar-refractivity contribution in [1.29, 1.82) is 0 Å². The molecule has 0 radical (unpaired) electrons. The molecule has 0 bridgehead atoms. The number of amides is 1. The van der Waals surface area contributed by atoms with Crippen molar-refractivity contribution in [1.82, 2.24) is 5.32 Å². The highest BCUT2D eigenvalue weighted by molar-refractivity contribution is 5.99. The van der Waals surface area contributed by atoms with Gasteiger partial charge >= 0.3 is 6.18 Å². The van der Waals surface area contributed by atoms with Gasteiger partial charge < -0.3 is 10.6 Å². The lowest BCUT2D eigenvalue weighted by Gasteiger charge is -2.30. The van der Waals surface area contributed by atoms with Crippen molar-refractivity contribution in [2.45, 2.75) is 37.9 Å². The van der Waals surface area contributed by atoms with Crippen LogP contribution in [0, 0.1) is 5.92 Å². The first kappa shape index (κ1) is 15.7. The van der Waals surface area contributed by atoms with E-state index in [1.807, 2.05) is 6.07 Å². The first-order valence-corrected chi connectivity index (χ1v) is 7.06. The maximum atomic E-state index is 12.6. The first-order valence-electron chi connectivity index (χ1n) is 7.06. The molecule has 0 spiro atoms. The van der Waals surface area contributed by atoms with Crippen LogP contribution in [0.1, 0.15) is 36.0 Å². The van der Waals surface area contributed by atoms with E-state index in [4.69, 9.17) is 0 Å². The number of alkyl halides is 3. The fourth-order valence-electron chi connectivity index (χ4n) is 2.73. The zero-order valence-corrected chi connectivity index (χ0v) is 11.8. The Morgan fingerprint density at radius 3 is 2.33 bits per heavy atom. The number of benzene rings is 1. The van der Waals surface area contributed by atoms with E-state index >= 15 is 0 Å². The molecule has 0 unspecified atom stereocenters. The molecule has 1 aromatic rings. The third kappa shape index (κ3) is 3.89. The fraction of sp³-hybridized carbons (Fsp3) is 0.533. The summed E-state index contributed by atoms with van der Waals surface area (Å²) in [6.45, 7) is 0. The lowest BCUT2D eigenvalue weighted by molar-refractivity contribution is -0.182. The van der Waals surface area contributed by atoms with Gasteiger partial charge in [0.05, 0.1) is 11.5 Å². The van der Waals surface area contributed by atoms with Crippen LogP contribution >= 0.6 is 0 Å². The van der Waals surface area contributed by atoms with Gasteiger partial charge in [0.25, 0.3) is 5.91 Å². The summed E-state index contributed by atoms with van der Waals surface area (Å²) in [5.74, 6) is -1.47. The summed E-state index contributed by atoms with van der Waals surface area (Å²) in [6.07, 6.45) is -3.20. The third-order valence-corrected chi connectivity index (χ3v) is 3.97. The molecule has 2 rings (SSSR count). The van der Waals surface area contributed by atoms with Gasteiger partial charge in [-0.1, -0.05) is 12.1 Å². The second-order valence-electron chi connectivity index (χ2n) is 5.36. The normalized spacial score (nSPS) is 22.7. The molecule has 6 heteroatoms. The second kappa shape index (κ2) is 6.37. The van der Waals surface area contributed by atoms with Crippen LogP contribution in [0.2, 0.25) is 0 Å². The van der Waals surface area contributed by atoms with Gasteiger partial charge in [-0.05, 0) is 37.8 Å². The summed E-state index contributed by atoms with van der Waals surface area (Å²) in [6, 6.07) is 6.88. The average Bonchev–Trinajstić information content (AvgIpc) is 2.46. The Morgan fingerprint density at radius 1 is 1.14 bits per heavy atom. The molecule has 1 aromatic carbocycles. The fourth-order valence-corrected chi connectivity index (χ4v) is 2.73. The topological polar surface area (TPSA) is 41.1 Å². The number of carbonyl (C=O) groups is 1. The summed E-state index contributed by atoms with van der Waals surface area (Å²) in [5.41, 5.74) is 1.22. The Morgan fingerprint density at radius 2 is 1.76 bits per heavy atom. The predicted octanol–water partition coefficient (Wildman–Crippen LogP) is 3.58. The van der Waals surface area contributed by atoms with Crippen LogP contribution < -0.4 is 10.6 Å². The summed E-state index contributed by atoms with van der Waals surface area (Å²) in [7, 11) is 1.72. The molecule has 1 saturated carbocycles. The SMILES string of the molecule is CNc1ccccc1C(=O)NC1CCC(C(F)(F)F)CC1. The van der Waals surface area contributed by atoms with E-state index in [0.29, 0.717) is 24.1 Å². The number of para-hydroxylation sites is 1. The molecular weight excluding hydrogens is 281 g/mol. The van der Waals surface area contributed by atoms with Gasteiger partial charge in [-0.3, -0.25) is 4.79 Å². The van der Waals surface area contributed by atoms with E-state index in [9.17, 15) is 18.0 Å². The van der Waals surface area contributed by atoms with Gasteiger partial charge in [0.2, 0.25) is 0 Å². The minimum Gasteiger partial charge on any atom is -0.387 e. The van der Waals surface area contributed by atoms with Gasteiger partial charge in [0.1, 0.15) is 0 Å². The van der Waals surface area contributed by atoms with Crippen LogP contribution in [0.3, 0.4) is 0 Å². The van der Waals surface area contributed by atoms with Crippen molar-refractivity contribution < 1.29 is 18.0 Å². The monoisotopic (exact) mass is 300 g/mol. The van der Waals surface area contributed by atoms with Gasteiger partial charge in [-0.2, -0.15) is 13.2 Å². The van der Waals surface area contributed by atoms with Crippen molar-refractivity contribution >= 4 is 11.6 Å². The van der Waals surface area contributed by atoms with Crippen molar-refractivity contribution in [2.75, 3.05) is 12.4 Å². The maximum Gasteiger partial charge on any atom is 0.391 e. The largest absolute Gasteiger partial charge is 0.391 e. The number of anilines is 1. The Balaban J connectivity index is 1.93. The Labute approximate surface area is 121 Å². The molecule has 3 nitrogen and oxygen atoms in total. The highest BCUT2D eigenvalue weighted by Crippen LogP contribution is 2.37. The third-order valence-electron chi connectivity index (χ3n) is 3.97. The molecule has 1 aliphatic rings. The molecule has 1 amide bonds. The molecule has 0 saturated heterocycles. The smallest absolute Gasteiger partial charge is 0.387 e. The Bertz CT molecular complexity index is 494. The van der Waals surface area contributed by atoms with E-state index in [1.165, 1.54) is 0 Å². The van der Waals surface area contributed by atoms with Crippen molar-refractivity contribution in [3.63, 3.8) is 0 Å². The molecule has 0 aromatic heterocycles. The number of carbonyl (C=O) groups excluding carboxylic acids is 1. The van der Waals surface area contributed by atoms with E-state index in [1.54, 1.807) is 25.2 Å². The van der Waals surface area contributed by atoms with E-state index in [2.05, 4.69) is 10.6 Å². The van der Waals surface area contributed by atoms with Gasteiger partial charge in [-0.25, -0.2) is 0 Å². The number of halogens is 3. The van der Waals surface area contributed by atoms with Crippen LogP contribution in [-0.2, 0) is 0 Å². The number of rotatable bonds is 3. The highest BCUT2D eigenvalue weighted by atomic mass is 19.4. The molecule has 1 fully saturated rings. The Kier molecular flexibility index (Phi) is 4.75. The first-order chi connectivity index (χ1) is 9.91. The van der Waals surface area contributed by atoms with Crippen molar-refractivity contribution in [3.8, 4) is 0 Å². The molecule has 21 heavy (non-hydrogen) atoms. The molecule has 1 aliphatic carbocycles. The van der Waals surface area contributed by atoms with Crippen LogP contribution in [0.5, 0.6) is 0 Å². The van der Waals surface area contributed by atoms with Crippen LogP contribution in [0.4, 0.5) is 18.9 Å². The summed E-state index contributed by atoms with van der Waals surface area (Å²) in [5, 5.41) is 5.77. The van der Waals surface area contributed by atoms with Crippen LogP contribution in [0.15, 0.2) is 24.3 Å². The maximum absolute atomic E-state index is 12.6. The van der Waals surface area contributed by atoms with E-state index in [-0.39, 0.29) is 24.8 Å². The highest BCUT2D eigenvalue weighted by Gasteiger charge is 2.41. The van der Waals surface area contributed by atoms with Crippen molar-refractivity contribution in [2.24, 2.45) is 5.92 Å². The zero-order chi connectivity index (χ0) is 15.5. The summed E-state index contributed by atoms with van der Waals surface area (Å²) >= 11 is 0. The van der Waals surface area contributed by atoms with Crippen LogP contribution in [-0.4, -0.2) is 25.2 Å². The molecule has 0 atom stereocenters. The quantitative estimate of drug-likeness (QED) is 0.896. The number of nitrogens with one attached hydrogen (secondary N) is 2. The molecule has 2 N–H and O–H groups in total. The number of hydrogen-bond donors (Lipinski definition) is 2. The Hall–Kier alpha value is -1.72. The van der Waals surface area contributed by atoms with Gasteiger partial charge in [0, 0.05) is 18.8 Å². The predicted molar refractivity (Wildman–Crippen MR) is 75.3 cm³/mol. The van der Waals surface area contributed by atoms with Crippen molar-refractivity contribution in [3.05, 3.63) is 29.8 Å². The zero-order valence-electron chi connectivity index (χ0n) is 11.8. The molecular formula is C15H19F3N2O. The van der Waals surface area contributed by atoms with E-state index < -0.39 is 12.1 Å². The lowest BCUT2D eigenvalue weighted by atomic mass is 9.85. The minimum absolute atomic E-state index is 0.0854. The van der Waals surface area contributed by atoms with Crippen LogP contribution in [0.25, 0.3) is 0 Å². The van der Waals surface area contributed by atoms with Gasteiger partial charge in [-0.15, -0.1) is 0 Å². The van der Waals surface area contributed by atoms with E-state index in [0.717, 1.165) is 0 Å².